The second kappa shape index (κ2) is 4.80. The van der Waals surface area contributed by atoms with Gasteiger partial charge in [-0.2, -0.15) is 9.36 Å². The van der Waals surface area contributed by atoms with E-state index in [0.29, 0.717) is 16.7 Å². The number of nitrogen functional groups attached to an aromatic ring is 1. The highest BCUT2D eigenvalue weighted by Gasteiger charge is 2.20. The molecule has 2 aromatic heterocycles. The van der Waals surface area contributed by atoms with Crippen LogP contribution in [0.1, 0.15) is 31.0 Å². The minimum atomic E-state index is -0.152. The van der Waals surface area contributed by atoms with Gasteiger partial charge in [-0.3, -0.25) is 0 Å². The first-order chi connectivity index (χ1) is 8.17. The minimum Gasteiger partial charge on any atom is -0.389 e. The van der Waals surface area contributed by atoms with Crippen LogP contribution in [0.4, 0.5) is 5.00 Å². The standard InChI is InChI=1S/C10H14N4O2S/c1-4-6(15-3)9-12-10(16-13-9)7-5(2)14-17-8(7)11/h6H,4,11H2,1-3H3. The lowest BCUT2D eigenvalue weighted by atomic mass is 10.2. The Kier molecular flexibility index (Phi) is 3.39. The molecule has 0 radical (unpaired) electrons. The largest absolute Gasteiger partial charge is 0.389 e. The summed E-state index contributed by atoms with van der Waals surface area (Å²) in [5, 5.41) is 4.49. The van der Waals surface area contributed by atoms with Crippen molar-refractivity contribution in [1.29, 1.82) is 0 Å². The first-order valence-corrected chi connectivity index (χ1v) is 6.03. The number of nitrogens with zero attached hydrogens (tertiary/aromatic N) is 3. The fraction of sp³-hybridized carbons (Fsp3) is 0.500. The van der Waals surface area contributed by atoms with Crippen molar-refractivity contribution in [3.8, 4) is 11.5 Å². The summed E-state index contributed by atoms with van der Waals surface area (Å²) in [7, 11) is 1.62. The molecule has 0 aliphatic rings. The Labute approximate surface area is 103 Å². The van der Waals surface area contributed by atoms with Crippen LogP contribution in [0.2, 0.25) is 0 Å². The van der Waals surface area contributed by atoms with Crippen molar-refractivity contribution in [1.82, 2.24) is 14.5 Å². The molecule has 1 unspecified atom stereocenters. The number of rotatable bonds is 4. The number of hydrogen-bond donors (Lipinski definition) is 1. The predicted molar refractivity (Wildman–Crippen MR) is 64.6 cm³/mol. The van der Waals surface area contributed by atoms with Gasteiger partial charge in [-0.25, -0.2) is 0 Å². The summed E-state index contributed by atoms with van der Waals surface area (Å²) in [6.07, 6.45) is 0.631. The number of ether oxygens (including phenoxy) is 1. The van der Waals surface area contributed by atoms with Crippen LogP contribution in [0.25, 0.3) is 11.5 Å². The molecule has 2 rings (SSSR count). The number of methoxy groups -OCH3 is 1. The Bertz CT molecular complexity index is 485. The number of aromatic nitrogens is 3. The van der Waals surface area contributed by atoms with Gasteiger partial charge in [0, 0.05) is 7.11 Å². The molecule has 0 fully saturated rings. The molecule has 1 atom stereocenters. The van der Waals surface area contributed by atoms with Crippen LogP contribution in [-0.4, -0.2) is 21.6 Å². The van der Waals surface area contributed by atoms with E-state index in [1.807, 2.05) is 13.8 Å². The lowest BCUT2D eigenvalue weighted by Crippen LogP contribution is -2.01. The summed E-state index contributed by atoms with van der Waals surface area (Å²) in [5.74, 6) is 0.939. The summed E-state index contributed by atoms with van der Waals surface area (Å²) in [5.41, 5.74) is 7.34. The normalized spacial score (nSPS) is 12.9. The molecule has 2 aromatic rings. The van der Waals surface area contributed by atoms with Gasteiger partial charge in [-0.1, -0.05) is 12.1 Å². The second-order valence-electron chi connectivity index (χ2n) is 3.60. The third-order valence-corrected chi connectivity index (χ3v) is 3.25. The van der Waals surface area contributed by atoms with Crippen LogP contribution in [-0.2, 0) is 4.74 Å². The smallest absolute Gasteiger partial charge is 0.262 e. The van der Waals surface area contributed by atoms with Crippen LogP contribution >= 0.6 is 11.5 Å². The van der Waals surface area contributed by atoms with Gasteiger partial charge in [-0.05, 0) is 24.9 Å². The third-order valence-electron chi connectivity index (χ3n) is 2.49. The van der Waals surface area contributed by atoms with Gasteiger partial charge < -0.3 is 15.0 Å². The second-order valence-corrected chi connectivity index (χ2v) is 4.40. The van der Waals surface area contributed by atoms with Crippen LogP contribution in [0.15, 0.2) is 4.52 Å². The molecule has 7 heteroatoms. The first kappa shape index (κ1) is 12.0. The van der Waals surface area contributed by atoms with E-state index in [0.717, 1.165) is 17.7 Å². The summed E-state index contributed by atoms with van der Waals surface area (Å²) >= 11 is 1.22. The van der Waals surface area contributed by atoms with E-state index in [1.54, 1.807) is 7.11 Å². The molecule has 0 saturated heterocycles. The molecule has 2 heterocycles. The average Bonchev–Trinajstić information content (AvgIpc) is 2.89. The molecular weight excluding hydrogens is 240 g/mol. The van der Waals surface area contributed by atoms with Crippen LogP contribution in [0.5, 0.6) is 0 Å². The van der Waals surface area contributed by atoms with E-state index in [-0.39, 0.29) is 6.10 Å². The third kappa shape index (κ3) is 2.16. The molecule has 0 saturated carbocycles. The highest BCUT2D eigenvalue weighted by molar-refractivity contribution is 7.10. The topological polar surface area (TPSA) is 87.1 Å². The lowest BCUT2D eigenvalue weighted by Gasteiger charge is -2.05. The van der Waals surface area contributed by atoms with E-state index < -0.39 is 0 Å². The van der Waals surface area contributed by atoms with Crippen LogP contribution < -0.4 is 5.73 Å². The number of aryl methyl sites for hydroxylation is 1. The van der Waals surface area contributed by atoms with Gasteiger partial charge in [0.2, 0.25) is 5.82 Å². The maximum Gasteiger partial charge on any atom is 0.262 e. The van der Waals surface area contributed by atoms with Crippen LogP contribution in [0.3, 0.4) is 0 Å². The zero-order valence-electron chi connectivity index (χ0n) is 9.93. The Morgan fingerprint density at radius 2 is 2.29 bits per heavy atom. The van der Waals surface area contributed by atoms with Crippen LogP contribution in [0, 0.1) is 6.92 Å². The summed E-state index contributed by atoms with van der Waals surface area (Å²) in [6.45, 7) is 3.86. The fourth-order valence-corrected chi connectivity index (χ4v) is 2.22. The van der Waals surface area contributed by atoms with Gasteiger partial charge in [0.05, 0.1) is 11.3 Å². The zero-order valence-corrected chi connectivity index (χ0v) is 10.7. The van der Waals surface area contributed by atoms with Crippen molar-refractivity contribution in [2.75, 3.05) is 12.8 Å². The summed E-state index contributed by atoms with van der Waals surface area (Å²) < 4.78 is 14.6. The molecule has 0 aliphatic carbocycles. The van der Waals surface area contributed by atoms with Crippen molar-refractivity contribution in [3.63, 3.8) is 0 Å². The molecule has 0 spiro atoms. The summed E-state index contributed by atoms with van der Waals surface area (Å²) in [4.78, 5) is 4.30. The van der Waals surface area contributed by atoms with E-state index in [4.69, 9.17) is 15.0 Å². The Morgan fingerprint density at radius 1 is 1.53 bits per heavy atom. The monoisotopic (exact) mass is 254 g/mol. The van der Waals surface area contributed by atoms with Crippen molar-refractivity contribution < 1.29 is 9.26 Å². The maximum absolute atomic E-state index is 5.82. The van der Waals surface area contributed by atoms with E-state index in [9.17, 15) is 0 Å². The number of anilines is 1. The number of nitrogens with two attached hydrogens (primary N) is 1. The molecule has 2 N–H and O–H groups in total. The van der Waals surface area contributed by atoms with Crippen molar-refractivity contribution >= 4 is 16.5 Å². The number of hydrogen-bond acceptors (Lipinski definition) is 7. The molecule has 6 nitrogen and oxygen atoms in total. The van der Waals surface area contributed by atoms with Crippen molar-refractivity contribution in [3.05, 3.63) is 11.5 Å². The van der Waals surface area contributed by atoms with Gasteiger partial charge in [-0.15, -0.1) is 0 Å². The summed E-state index contributed by atoms with van der Waals surface area (Å²) in [6, 6.07) is 0. The predicted octanol–water partition coefficient (Wildman–Crippen LogP) is 2.18. The van der Waals surface area contributed by atoms with Gasteiger partial charge in [0.1, 0.15) is 11.1 Å². The minimum absolute atomic E-state index is 0.152. The van der Waals surface area contributed by atoms with E-state index in [1.165, 1.54) is 11.5 Å². The Balaban J connectivity index is 2.36. The molecule has 0 aliphatic heterocycles. The average molecular weight is 254 g/mol. The molecule has 0 bridgehead atoms. The van der Waals surface area contributed by atoms with Gasteiger partial charge in [0.25, 0.3) is 5.89 Å². The SMILES string of the molecule is CCC(OC)c1noc(-c2c(C)nsc2N)n1. The van der Waals surface area contributed by atoms with Crippen molar-refractivity contribution in [2.24, 2.45) is 0 Å². The maximum atomic E-state index is 5.82. The van der Waals surface area contributed by atoms with E-state index >= 15 is 0 Å². The first-order valence-electron chi connectivity index (χ1n) is 5.25. The molecule has 0 aromatic carbocycles. The lowest BCUT2D eigenvalue weighted by molar-refractivity contribution is 0.0903. The molecule has 0 amide bonds. The Hall–Kier alpha value is -1.47. The van der Waals surface area contributed by atoms with Gasteiger partial charge in [0.15, 0.2) is 0 Å². The molecule has 17 heavy (non-hydrogen) atoms. The van der Waals surface area contributed by atoms with Gasteiger partial charge >= 0.3 is 0 Å². The fourth-order valence-electron chi connectivity index (χ4n) is 1.57. The highest BCUT2D eigenvalue weighted by Crippen LogP contribution is 2.31. The molecular formula is C10H14N4O2S. The van der Waals surface area contributed by atoms with Crippen molar-refractivity contribution in [2.45, 2.75) is 26.4 Å². The Morgan fingerprint density at radius 3 is 2.82 bits per heavy atom. The molecule has 92 valence electrons. The highest BCUT2D eigenvalue weighted by atomic mass is 32.1. The quantitative estimate of drug-likeness (QED) is 0.899. The van der Waals surface area contributed by atoms with E-state index in [2.05, 4.69) is 14.5 Å². The zero-order chi connectivity index (χ0) is 12.4.